The number of anilines is 3. The average molecular weight is 414 g/mol. The number of carbonyl (C=O) groups is 1. The zero-order chi connectivity index (χ0) is 21.6. The van der Waals surface area contributed by atoms with Crippen LogP contribution in [0.4, 0.5) is 17.2 Å². The number of hydrogen-bond donors (Lipinski definition) is 2. The summed E-state index contributed by atoms with van der Waals surface area (Å²) in [5.41, 5.74) is 2.39. The second-order valence-corrected chi connectivity index (χ2v) is 6.85. The second kappa shape index (κ2) is 9.08. The summed E-state index contributed by atoms with van der Waals surface area (Å²) in [7, 11) is 1.60. The Bertz CT molecular complexity index is 1170. The molecule has 2 aromatic heterocycles. The van der Waals surface area contributed by atoms with Gasteiger partial charge in [0, 0.05) is 35.4 Å². The zero-order valence-corrected chi connectivity index (χ0v) is 17.2. The summed E-state index contributed by atoms with van der Waals surface area (Å²) >= 11 is 0. The van der Waals surface area contributed by atoms with Gasteiger partial charge < -0.3 is 15.4 Å². The fourth-order valence-corrected chi connectivity index (χ4v) is 3.15. The van der Waals surface area contributed by atoms with E-state index < -0.39 is 0 Å². The predicted molar refractivity (Wildman–Crippen MR) is 119 cm³/mol. The molecular weight excluding hydrogens is 392 g/mol. The molecule has 8 nitrogen and oxygen atoms in total. The van der Waals surface area contributed by atoms with Crippen molar-refractivity contribution in [2.75, 3.05) is 17.7 Å². The molecule has 4 aromatic rings. The van der Waals surface area contributed by atoms with Crippen LogP contribution < -0.4 is 15.4 Å². The maximum absolute atomic E-state index is 12.4. The third kappa shape index (κ3) is 5.05. The van der Waals surface area contributed by atoms with Crippen LogP contribution in [0.5, 0.6) is 5.75 Å². The number of aromatic nitrogens is 4. The number of benzene rings is 2. The van der Waals surface area contributed by atoms with E-state index in [0.29, 0.717) is 28.9 Å². The number of nitrogens with one attached hydrogen (secondary N) is 2. The highest BCUT2D eigenvalue weighted by molar-refractivity contribution is 5.92. The molecule has 0 atom stereocenters. The van der Waals surface area contributed by atoms with Gasteiger partial charge in [0.05, 0.1) is 13.5 Å². The highest BCUT2D eigenvalue weighted by atomic mass is 16.5. The molecule has 0 saturated carbocycles. The van der Waals surface area contributed by atoms with Crippen molar-refractivity contribution < 1.29 is 9.53 Å². The van der Waals surface area contributed by atoms with Crippen LogP contribution >= 0.6 is 0 Å². The third-order valence-corrected chi connectivity index (χ3v) is 4.55. The normalized spacial score (nSPS) is 10.5. The molecule has 0 bridgehead atoms. The Morgan fingerprint density at radius 1 is 1.03 bits per heavy atom. The first-order chi connectivity index (χ1) is 15.1. The Labute approximate surface area is 179 Å². The molecule has 0 fully saturated rings. The molecule has 8 heteroatoms. The molecule has 1 amide bonds. The topological polar surface area (TPSA) is 94.0 Å². The Hall–Kier alpha value is -4.20. The lowest BCUT2D eigenvalue weighted by Crippen LogP contribution is -2.14. The summed E-state index contributed by atoms with van der Waals surface area (Å²) in [4.78, 5) is 21.2. The lowest BCUT2D eigenvalue weighted by molar-refractivity contribution is -0.115. The fraction of sp³-hybridized carbons (Fsp3) is 0.130. The highest BCUT2D eigenvalue weighted by Crippen LogP contribution is 2.21. The van der Waals surface area contributed by atoms with Crippen molar-refractivity contribution in [2.24, 2.45) is 0 Å². The first kappa shape index (κ1) is 20.1. The summed E-state index contributed by atoms with van der Waals surface area (Å²) in [6, 6.07) is 18.6. The van der Waals surface area contributed by atoms with Gasteiger partial charge in [0.15, 0.2) is 5.82 Å². The number of rotatable bonds is 7. The van der Waals surface area contributed by atoms with E-state index in [1.54, 1.807) is 18.0 Å². The highest BCUT2D eigenvalue weighted by Gasteiger charge is 2.09. The van der Waals surface area contributed by atoms with Crippen molar-refractivity contribution in [3.63, 3.8) is 0 Å². The van der Waals surface area contributed by atoms with E-state index in [1.165, 1.54) is 0 Å². The molecule has 31 heavy (non-hydrogen) atoms. The Kier molecular flexibility index (Phi) is 5.89. The smallest absolute Gasteiger partial charge is 0.228 e. The number of nitrogens with zero attached hydrogens (tertiary/aromatic N) is 4. The third-order valence-electron chi connectivity index (χ3n) is 4.55. The minimum atomic E-state index is -0.111. The Morgan fingerprint density at radius 3 is 2.55 bits per heavy atom. The first-order valence-electron chi connectivity index (χ1n) is 9.75. The molecular formula is C23H22N6O2. The lowest BCUT2D eigenvalue weighted by Gasteiger charge is -2.11. The van der Waals surface area contributed by atoms with Crippen LogP contribution in [0.25, 0.3) is 5.82 Å². The molecule has 156 valence electrons. The summed E-state index contributed by atoms with van der Waals surface area (Å²) in [5, 5.41) is 10.4. The number of amides is 1. The molecule has 2 heterocycles. The van der Waals surface area contributed by atoms with Gasteiger partial charge in [0.2, 0.25) is 5.91 Å². The molecule has 0 radical (unpaired) electrons. The van der Waals surface area contributed by atoms with Gasteiger partial charge in [-0.25, -0.2) is 14.6 Å². The predicted octanol–water partition coefficient (Wildman–Crippen LogP) is 3.90. The quantitative estimate of drug-likeness (QED) is 0.476. The van der Waals surface area contributed by atoms with E-state index in [4.69, 9.17) is 4.74 Å². The van der Waals surface area contributed by atoms with Gasteiger partial charge in [-0.1, -0.05) is 18.2 Å². The van der Waals surface area contributed by atoms with Crippen LogP contribution in [-0.4, -0.2) is 32.8 Å². The van der Waals surface area contributed by atoms with E-state index in [1.807, 2.05) is 73.8 Å². The van der Waals surface area contributed by atoms with Crippen LogP contribution in [0, 0.1) is 6.92 Å². The van der Waals surface area contributed by atoms with Crippen LogP contribution in [-0.2, 0) is 11.2 Å². The number of aryl methyl sites for hydroxylation is 1. The van der Waals surface area contributed by atoms with E-state index >= 15 is 0 Å². The van der Waals surface area contributed by atoms with Gasteiger partial charge in [0.1, 0.15) is 17.4 Å². The van der Waals surface area contributed by atoms with Crippen LogP contribution in [0.15, 0.2) is 73.1 Å². The monoisotopic (exact) mass is 414 g/mol. The van der Waals surface area contributed by atoms with Gasteiger partial charge >= 0.3 is 0 Å². The average Bonchev–Trinajstić information content (AvgIpc) is 3.30. The molecule has 4 rings (SSSR count). The molecule has 0 saturated heterocycles. The van der Waals surface area contributed by atoms with Crippen molar-refractivity contribution in [3.05, 3.63) is 84.4 Å². The molecule has 0 aliphatic carbocycles. The van der Waals surface area contributed by atoms with E-state index in [9.17, 15) is 4.79 Å². The first-order valence-corrected chi connectivity index (χ1v) is 9.75. The molecule has 0 aliphatic heterocycles. The molecule has 0 aliphatic rings. The van der Waals surface area contributed by atoms with E-state index in [0.717, 1.165) is 11.3 Å². The molecule has 0 unspecified atom stereocenters. The summed E-state index contributed by atoms with van der Waals surface area (Å²) < 4.78 is 6.99. The van der Waals surface area contributed by atoms with Gasteiger partial charge in [-0.15, -0.1) is 0 Å². The van der Waals surface area contributed by atoms with Crippen LogP contribution in [0.1, 0.15) is 11.4 Å². The zero-order valence-electron chi connectivity index (χ0n) is 17.2. The summed E-state index contributed by atoms with van der Waals surface area (Å²) in [5.74, 6) is 2.56. The number of methoxy groups -OCH3 is 1. The summed E-state index contributed by atoms with van der Waals surface area (Å²) in [6.45, 7) is 1.83. The van der Waals surface area contributed by atoms with Gasteiger partial charge in [-0.2, -0.15) is 5.10 Å². The van der Waals surface area contributed by atoms with Crippen molar-refractivity contribution >= 4 is 23.1 Å². The minimum Gasteiger partial charge on any atom is -0.496 e. The van der Waals surface area contributed by atoms with Crippen molar-refractivity contribution in [2.45, 2.75) is 13.3 Å². The maximum Gasteiger partial charge on any atom is 0.228 e. The summed E-state index contributed by atoms with van der Waals surface area (Å²) in [6.07, 6.45) is 3.76. The van der Waals surface area contributed by atoms with Crippen LogP contribution in [0.2, 0.25) is 0 Å². The Balaban J connectivity index is 1.41. The Morgan fingerprint density at radius 2 is 1.81 bits per heavy atom. The van der Waals surface area contributed by atoms with Gasteiger partial charge in [-0.05, 0) is 43.3 Å². The van der Waals surface area contributed by atoms with Crippen molar-refractivity contribution in [3.8, 4) is 11.6 Å². The molecule has 0 spiro atoms. The SMILES string of the molecule is COc1ccccc1CC(=O)Nc1ccc(Nc2cc(-n3cccn3)nc(C)n2)cc1. The number of hydrogen-bond acceptors (Lipinski definition) is 6. The van der Waals surface area contributed by atoms with E-state index in [-0.39, 0.29) is 12.3 Å². The standard InChI is InChI=1S/C23H22N6O2/c1-16-25-21(15-22(26-16)29-13-5-12-24-29)27-18-8-10-19(11-9-18)28-23(30)14-17-6-3-4-7-20(17)31-2/h3-13,15H,14H2,1-2H3,(H,28,30)(H,25,26,27). The number of para-hydroxylation sites is 1. The number of carbonyl (C=O) groups excluding carboxylic acids is 1. The molecule has 2 N–H and O–H groups in total. The molecule has 2 aromatic carbocycles. The van der Waals surface area contributed by atoms with Crippen molar-refractivity contribution in [1.29, 1.82) is 0 Å². The number of ether oxygens (including phenoxy) is 1. The fourth-order valence-electron chi connectivity index (χ4n) is 3.15. The van der Waals surface area contributed by atoms with E-state index in [2.05, 4.69) is 25.7 Å². The van der Waals surface area contributed by atoms with Gasteiger partial charge in [-0.3, -0.25) is 4.79 Å². The second-order valence-electron chi connectivity index (χ2n) is 6.85. The van der Waals surface area contributed by atoms with Crippen molar-refractivity contribution in [1.82, 2.24) is 19.7 Å². The largest absolute Gasteiger partial charge is 0.496 e. The lowest BCUT2D eigenvalue weighted by atomic mass is 10.1. The maximum atomic E-state index is 12.4. The van der Waals surface area contributed by atoms with Gasteiger partial charge in [0.25, 0.3) is 0 Å². The van der Waals surface area contributed by atoms with Crippen LogP contribution in [0.3, 0.4) is 0 Å². The minimum absolute atomic E-state index is 0.111.